The van der Waals surface area contributed by atoms with Crippen molar-refractivity contribution >= 4 is 23.4 Å². The van der Waals surface area contributed by atoms with Crippen LogP contribution in [0.2, 0.25) is 0 Å². The summed E-state index contributed by atoms with van der Waals surface area (Å²) < 4.78 is 25.2. The summed E-state index contributed by atoms with van der Waals surface area (Å²) >= 11 is 0. The summed E-state index contributed by atoms with van der Waals surface area (Å²) in [6.45, 7) is 4.52. The number of benzene rings is 1. The average molecular weight is 351 g/mol. The van der Waals surface area contributed by atoms with Gasteiger partial charge in [0.25, 0.3) is 0 Å². The highest BCUT2D eigenvalue weighted by molar-refractivity contribution is 5.90. The Kier molecular flexibility index (Phi) is 4.55. The van der Waals surface area contributed by atoms with Gasteiger partial charge in [-0.1, -0.05) is 0 Å². The first-order valence-corrected chi connectivity index (χ1v) is 8.19. The number of amides is 2. The number of nitrogens with one attached hydrogen (secondary N) is 1. The van der Waals surface area contributed by atoms with Gasteiger partial charge in [0.15, 0.2) is 0 Å². The fourth-order valence-corrected chi connectivity index (χ4v) is 3.10. The lowest BCUT2D eigenvalue weighted by atomic mass is 9.98. The molecule has 1 unspecified atom stereocenters. The van der Waals surface area contributed by atoms with Crippen molar-refractivity contribution in [3.05, 3.63) is 24.0 Å². The second-order valence-electron chi connectivity index (χ2n) is 6.47. The fraction of sp³-hybridized carbons (Fsp3) is 0.529. The summed E-state index contributed by atoms with van der Waals surface area (Å²) in [7, 11) is 1.61. The van der Waals surface area contributed by atoms with E-state index in [0.717, 1.165) is 6.42 Å². The Hall–Kier alpha value is -2.35. The molecule has 2 saturated heterocycles. The predicted molar refractivity (Wildman–Crippen MR) is 90.1 cm³/mol. The maximum atomic E-state index is 14.6. The lowest BCUT2D eigenvalue weighted by Gasteiger charge is -2.50. The van der Waals surface area contributed by atoms with Crippen molar-refractivity contribution in [3.8, 4) is 0 Å². The lowest BCUT2D eigenvalue weighted by Crippen LogP contribution is -2.59. The van der Waals surface area contributed by atoms with E-state index in [2.05, 4.69) is 5.32 Å². The first-order chi connectivity index (χ1) is 11.8. The average Bonchev–Trinajstić information content (AvgIpc) is 2.94. The molecule has 25 heavy (non-hydrogen) atoms. The van der Waals surface area contributed by atoms with Crippen LogP contribution in [0.25, 0.3) is 0 Å². The SMILES string of the molecule is CO[C@]1(C)CCN1c1ccc(N2CC(CNC(C)=O)OC2=O)cc1F. The van der Waals surface area contributed by atoms with E-state index >= 15 is 0 Å². The molecule has 2 heterocycles. The molecular weight excluding hydrogens is 329 g/mol. The van der Waals surface area contributed by atoms with Crippen LogP contribution in [0.3, 0.4) is 0 Å². The molecule has 0 bridgehead atoms. The molecule has 2 aliphatic rings. The quantitative estimate of drug-likeness (QED) is 0.877. The zero-order valence-electron chi connectivity index (χ0n) is 14.5. The summed E-state index contributed by atoms with van der Waals surface area (Å²) in [4.78, 5) is 26.2. The van der Waals surface area contributed by atoms with E-state index in [9.17, 15) is 14.0 Å². The summed E-state index contributed by atoms with van der Waals surface area (Å²) in [5, 5.41) is 2.61. The van der Waals surface area contributed by atoms with Gasteiger partial charge in [0.1, 0.15) is 17.6 Å². The number of hydrogen-bond acceptors (Lipinski definition) is 5. The molecule has 2 atom stereocenters. The number of carbonyl (C=O) groups is 2. The molecular formula is C17H22FN3O4. The molecule has 0 aromatic heterocycles. The largest absolute Gasteiger partial charge is 0.442 e. The number of hydrogen-bond donors (Lipinski definition) is 1. The van der Waals surface area contributed by atoms with Crippen molar-refractivity contribution in [1.29, 1.82) is 0 Å². The maximum absolute atomic E-state index is 14.6. The maximum Gasteiger partial charge on any atom is 0.414 e. The minimum Gasteiger partial charge on any atom is -0.442 e. The molecule has 1 N–H and O–H groups in total. The molecule has 0 spiro atoms. The second kappa shape index (κ2) is 6.51. The Labute approximate surface area is 145 Å². The van der Waals surface area contributed by atoms with Crippen LogP contribution in [0, 0.1) is 5.82 Å². The molecule has 0 aliphatic carbocycles. The molecule has 8 heteroatoms. The van der Waals surface area contributed by atoms with E-state index < -0.39 is 23.7 Å². The highest BCUT2D eigenvalue weighted by atomic mass is 19.1. The summed E-state index contributed by atoms with van der Waals surface area (Å²) in [6.07, 6.45) is -0.173. The lowest BCUT2D eigenvalue weighted by molar-refractivity contribution is -0.119. The van der Waals surface area contributed by atoms with Crippen LogP contribution in [0.5, 0.6) is 0 Å². The predicted octanol–water partition coefficient (Wildman–Crippen LogP) is 1.86. The minimum atomic E-state index is -0.548. The molecule has 136 valence electrons. The van der Waals surface area contributed by atoms with Crippen molar-refractivity contribution in [2.45, 2.75) is 32.1 Å². The third-order valence-corrected chi connectivity index (χ3v) is 4.80. The first kappa shape index (κ1) is 17.5. The zero-order chi connectivity index (χ0) is 18.2. The molecule has 1 aromatic rings. The fourth-order valence-electron chi connectivity index (χ4n) is 3.10. The van der Waals surface area contributed by atoms with E-state index in [1.165, 1.54) is 17.9 Å². The van der Waals surface area contributed by atoms with Gasteiger partial charge in [0, 0.05) is 27.0 Å². The van der Waals surface area contributed by atoms with E-state index in [1.54, 1.807) is 19.2 Å². The molecule has 2 fully saturated rings. The molecule has 2 amide bonds. The van der Waals surface area contributed by atoms with E-state index in [1.807, 2.05) is 11.8 Å². The number of cyclic esters (lactones) is 1. The van der Waals surface area contributed by atoms with E-state index in [-0.39, 0.29) is 19.0 Å². The smallest absolute Gasteiger partial charge is 0.414 e. The second-order valence-corrected chi connectivity index (χ2v) is 6.47. The monoisotopic (exact) mass is 351 g/mol. The van der Waals surface area contributed by atoms with Crippen molar-refractivity contribution in [2.75, 3.05) is 36.5 Å². The number of halogens is 1. The first-order valence-electron chi connectivity index (χ1n) is 8.19. The third-order valence-electron chi connectivity index (χ3n) is 4.80. The standard InChI is InChI=1S/C17H22FN3O4/c1-11(22)19-9-13-10-20(16(23)25-13)12-4-5-15(14(18)8-12)21-7-6-17(21,2)24-3/h4-5,8,13H,6-7,9-10H2,1-3H3,(H,19,22)/t13?,17-/m1/s1. The topological polar surface area (TPSA) is 71.1 Å². The van der Waals surface area contributed by atoms with Crippen molar-refractivity contribution in [1.82, 2.24) is 5.32 Å². The normalized spacial score (nSPS) is 25.6. The van der Waals surface area contributed by atoms with Gasteiger partial charge in [-0.05, 0) is 25.1 Å². The van der Waals surface area contributed by atoms with Crippen LogP contribution in [0.15, 0.2) is 18.2 Å². The number of anilines is 2. The Morgan fingerprint density at radius 3 is 2.84 bits per heavy atom. The highest BCUT2D eigenvalue weighted by Crippen LogP contribution is 2.38. The van der Waals surface area contributed by atoms with Crippen LogP contribution in [0.1, 0.15) is 20.3 Å². The van der Waals surface area contributed by atoms with Gasteiger partial charge >= 0.3 is 6.09 Å². The molecule has 7 nitrogen and oxygen atoms in total. The number of carbonyl (C=O) groups excluding carboxylic acids is 2. The van der Waals surface area contributed by atoms with Crippen LogP contribution >= 0.6 is 0 Å². The molecule has 0 saturated carbocycles. The van der Waals surface area contributed by atoms with Gasteiger partial charge in [-0.3, -0.25) is 9.69 Å². The van der Waals surface area contributed by atoms with Crippen molar-refractivity contribution in [2.24, 2.45) is 0 Å². The Bertz CT molecular complexity index is 694. The zero-order valence-corrected chi connectivity index (χ0v) is 14.5. The number of nitrogens with zero attached hydrogens (tertiary/aromatic N) is 2. The van der Waals surface area contributed by atoms with Gasteiger partial charge in [-0.15, -0.1) is 0 Å². The van der Waals surface area contributed by atoms with E-state index in [4.69, 9.17) is 9.47 Å². The van der Waals surface area contributed by atoms with Crippen LogP contribution in [-0.4, -0.2) is 50.6 Å². The van der Waals surface area contributed by atoms with Gasteiger partial charge in [0.05, 0.1) is 24.5 Å². The molecule has 0 radical (unpaired) electrons. The highest BCUT2D eigenvalue weighted by Gasteiger charge is 2.42. The van der Waals surface area contributed by atoms with E-state index in [0.29, 0.717) is 17.9 Å². The van der Waals surface area contributed by atoms with Crippen LogP contribution in [-0.2, 0) is 14.3 Å². The third kappa shape index (κ3) is 3.26. The number of methoxy groups -OCH3 is 1. The van der Waals surface area contributed by atoms with Crippen molar-refractivity contribution < 1.29 is 23.5 Å². The summed E-state index contributed by atoms with van der Waals surface area (Å²) in [6, 6.07) is 4.66. The summed E-state index contributed by atoms with van der Waals surface area (Å²) in [5.41, 5.74) is 0.371. The molecule has 1 aromatic carbocycles. The molecule has 2 aliphatic heterocycles. The Morgan fingerprint density at radius 1 is 1.52 bits per heavy atom. The minimum absolute atomic E-state index is 0.194. The van der Waals surface area contributed by atoms with Crippen LogP contribution < -0.4 is 15.1 Å². The van der Waals surface area contributed by atoms with Crippen molar-refractivity contribution in [3.63, 3.8) is 0 Å². The van der Waals surface area contributed by atoms with Gasteiger partial charge in [-0.2, -0.15) is 0 Å². The Morgan fingerprint density at radius 2 is 2.28 bits per heavy atom. The van der Waals surface area contributed by atoms with Crippen LogP contribution in [0.4, 0.5) is 20.6 Å². The number of rotatable bonds is 5. The molecule has 3 rings (SSSR count). The van der Waals surface area contributed by atoms with Gasteiger partial charge in [-0.25, -0.2) is 9.18 Å². The number of ether oxygens (including phenoxy) is 2. The Balaban J connectivity index is 1.73. The van der Waals surface area contributed by atoms with Gasteiger partial charge in [0.2, 0.25) is 5.91 Å². The van der Waals surface area contributed by atoms with Gasteiger partial charge < -0.3 is 19.7 Å². The summed E-state index contributed by atoms with van der Waals surface area (Å²) in [5.74, 6) is -0.612.